The van der Waals surface area contributed by atoms with E-state index in [4.69, 9.17) is 0 Å². The van der Waals surface area contributed by atoms with Crippen LogP contribution in [0.2, 0.25) is 0 Å². The van der Waals surface area contributed by atoms with Crippen LogP contribution in [0.15, 0.2) is 24.3 Å². The van der Waals surface area contributed by atoms with Crippen molar-refractivity contribution >= 4 is 16.6 Å². The summed E-state index contributed by atoms with van der Waals surface area (Å²) in [7, 11) is -0.967. The summed E-state index contributed by atoms with van der Waals surface area (Å²) < 4.78 is 12.0. The maximum absolute atomic E-state index is 12.0. The minimum atomic E-state index is -0.967. The molecule has 1 rings (SSSR count). The van der Waals surface area contributed by atoms with E-state index < -0.39 is 10.8 Å². The molecule has 0 bridgehead atoms. The highest BCUT2D eigenvalue weighted by molar-refractivity contribution is 7.84. The largest absolute Gasteiger partial charge is 0.300 e. The maximum atomic E-state index is 12.0. The van der Waals surface area contributed by atoms with E-state index in [0.717, 1.165) is 11.1 Å². The van der Waals surface area contributed by atoms with Gasteiger partial charge < -0.3 is 0 Å². The van der Waals surface area contributed by atoms with Crippen LogP contribution in [-0.4, -0.2) is 15.2 Å². The van der Waals surface area contributed by atoms with Gasteiger partial charge in [0.1, 0.15) is 5.78 Å². The number of ketones is 1. The van der Waals surface area contributed by atoms with E-state index in [1.165, 1.54) is 0 Å². The van der Waals surface area contributed by atoms with Gasteiger partial charge in [-0.25, -0.2) is 0 Å². The van der Waals surface area contributed by atoms with E-state index in [0.29, 0.717) is 12.2 Å². The fourth-order valence-electron chi connectivity index (χ4n) is 1.57. The van der Waals surface area contributed by atoms with E-state index in [1.54, 1.807) is 6.92 Å². The van der Waals surface area contributed by atoms with Crippen molar-refractivity contribution in [1.82, 2.24) is 0 Å². The Bertz CT molecular complexity index is 399. The van der Waals surface area contributed by atoms with Crippen LogP contribution in [0.1, 0.15) is 31.4 Å². The van der Waals surface area contributed by atoms with E-state index in [1.807, 2.05) is 38.1 Å². The first kappa shape index (κ1) is 13.1. The highest BCUT2D eigenvalue weighted by Crippen LogP contribution is 2.13. The second-order valence-electron chi connectivity index (χ2n) is 4.17. The third-order valence-electron chi connectivity index (χ3n) is 2.58. The first-order valence-corrected chi connectivity index (χ1v) is 6.80. The molecule has 0 spiro atoms. The molecule has 88 valence electrons. The Morgan fingerprint density at radius 2 is 2.00 bits per heavy atom. The second kappa shape index (κ2) is 5.94. The van der Waals surface area contributed by atoms with Crippen LogP contribution < -0.4 is 0 Å². The van der Waals surface area contributed by atoms with E-state index in [9.17, 15) is 9.00 Å². The molecule has 0 aliphatic heterocycles. The van der Waals surface area contributed by atoms with Crippen LogP contribution in [0.3, 0.4) is 0 Å². The number of Topliss-reactive ketones (excluding diaryl/α,β-unsaturated/α-hetero) is 1. The predicted octanol–water partition coefficient (Wildman–Crippen LogP) is 2.61. The molecule has 0 aliphatic carbocycles. The van der Waals surface area contributed by atoms with Crippen molar-refractivity contribution in [1.29, 1.82) is 0 Å². The molecule has 2 nitrogen and oxygen atoms in total. The quantitative estimate of drug-likeness (QED) is 0.790. The zero-order chi connectivity index (χ0) is 12.1. The number of carbonyl (C=O) groups is 1. The number of rotatable bonds is 5. The molecule has 0 fully saturated rings. The average Bonchev–Trinajstić information content (AvgIpc) is 2.20. The van der Waals surface area contributed by atoms with E-state index in [2.05, 4.69) is 0 Å². The van der Waals surface area contributed by atoms with Crippen LogP contribution in [-0.2, 0) is 21.3 Å². The van der Waals surface area contributed by atoms with Crippen LogP contribution in [0.5, 0.6) is 0 Å². The van der Waals surface area contributed by atoms with Crippen molar-refractivity contribution < 1.29 is 9.00 Å². The number of aryl methyl sites for hydroxylation is 1. The Kier molecular flexibility index (Phi) is 4.87. The number of hydrogen-bond donors (Lipinski definition) is 0. The lowest BCUT2D eigenvalue weighted by Crippen LogP contribution is -2.16. The van der Waals surface area contributed by atoms with Gasteiger partial charge in [-0.2, -0.15) is 0 Å². The predicted molar refractivity (Wildman–Crippen MR) is 67.8 cm³/mol. The van der Waals surface area contributed by atoms with Crippen LogP contribution in [0.25, 0.3) is 0 Å². The van der Waals surface area contributed by atoms with Crippen molar-refractivity contribution in [3.63, 3.8) is 0 Å². The lowest BCUT2D eigenvalue weighted by atomic mass is 10.1. The van der Waals surface area contributed by atoms with Crippen molar-refractivity contribution in [3.05, 3.63) is 35.4 Å². The van der Waals surface area contributed by atoms with Gasteiger partial charge in [-0.15, -0.1) is 0 Å². The average molecular weight is 238 g/mol. The zero-order valence-electron chi connectivity index (χ0n) is 10.0. The molecular formula is C13H18O2S. The summed E-state index contributed by atoms with van der Waals surface area (Å²) in [6.07, 6.45) is 0.401. The SMILES string of the molecule is CC(=O)CC(C)S(=O)Cc1ccccc1C. The summed E-state index contributed by atoms with van der Waals surface area (Å²) in [4.78, 5) is 10.9. The Labute approximate surface area is 99.5 Å². The summed E-state index contributed by atoms with van der Waals surface area (Å²) in [5.74, 6) is 0.645. The van der Waals surface area contributed by atoms with Crippen molar-refractivity contribution in [2.24, 2.45) is 0 Å². The van der Waals surface area contributed by atoms with Gasteiger partial charge in [0, 0.05) is 28.2 Å². The van der Waals surface area contributed by atoms with Gasteiger partial charge >= 0.3 is 0 Å². The van der Waals surface area contributed by atoms with Gasteiger partial charge in [0.15, 0.2) is 0 Å². The standard InChI is InChI=1S/C13H18O2S/c1-10-6-4-5-7-13(10)9-16(15)12(3)8-11(2)14/h4-7,12H,8-9H2,1-3H3. The summed E-state index contributed by atoms with van der Waals surface area (Å²) in [5.41, 5.74) is 2.27. The van der Waals surface area contributed by atoms with Gasteiger partial charge in [-0.3, -0.25) is 9.00 Å². The smallest absolute Gasteiger partial charge is 0.131 e. The van der Waals surface area contributed by atoms with Gasteiger partial charge in [-0.05, 0) is 25.0 Å². The first-order valence-electron chi connectivity index (χ1n) is 5.42. The summed E-state index contributed by atoms with van der Waals surface area (Å²) in [6.45, 7) is 5.43. The molecule has 0 heterocycles. The van der Waals surface area contributed by atoms with E-state index >= 15 is 0 Å². The van der Waals surface area contributed by atoms with Gasteiger partial charge in [0.25, 0.3) is 0 Å². The molecule has 0 saturated carbocycles. The topological polar surface area (TPSA) is 34.1 Å². The van der Waals surface area contributed by atoms with Crippen LogP contribution >= 0.6 is 0 Å². The Balaban J connectivity index is 2.64. The molecule has 2 unspecified atom stereocenters. The van der Waals surface area contributed by atoms with Crippen LogP contribution in [0.4, 0.5) is 0 Å². The Morgan fingerprint density at radius 1 is 1.38 bits per heavy atom. The molecule has 0 radical (unpaired) electrons. The fourth-order valence-corrected chi connectivity index (χ4v) is 2.90. The maximum Gasteiger partial charge on any atom is 0.131 e. The number of benzene rings is 1. The summed E-state index contributed by atoms with van der Waals surface area (Å²) in [5, 5.41) is -0.0582. The molecule has 0 aliphatic rings. The minimum Gasteiger partial charge on any atom is -0.300 e. The molecule has 0 N–H and O–H groups in total. The van der Waals surface area contributed by atoms with Gasteiger partial charge in [0.2, 0.25) is 0 Å². The molecule has 16 heavy (non-hydrogen) atoms. The van der Waals surface area contributed by atoms with Gasteiger partial charge in [-0.1, -0.05) is 31.2 Å². The minimum absolute atomic E-state index is 0.0582. The third-order valence-corrected chi connectivity index (χ3v) is 4.24. The molecule has 0 amide bonds. The Hall–Kier alpha value is -0.960. The summed E-state index contributed by atoms with van der Waals surface area (Å²) >= 11 is 0. The summed E-state index contributed by atoms with van der Waals surface area (Å²) in [6, 6.07) is 7.94. The highest BCUT2D eigenvalue weighted by Gasteiger charge is 2.14. The molecule has 2 atom stereocenters. The van der Waals surface area contributed by atoms with Gasteiger partial charge in [0.05, 0.1) is 0 Å². The fraction of sp³-hybridized carbons (Fsp3) is 0.462. The number of hydrogen-bond acceptors (Lipinski definition) is 2. The molecule has 1 aromatic carbocycles. The van der Waals surface area contributed by atoms with Crippen molar-refractivity contribution in [2.45, 2.75) is 38.2 Å². The van der Waals surface area contributed by atoms with Crippen LogP contribution in [0, 0.1) is 6.92 Å². The molecule has 1 aromatic rings. The molecule has 0 aromatic heterocycles. The number of carbonyl (C=O) groups excluding carboxylic acids is 1. The second-order valence-corrected chi connectivity index (χ2v) is 6.02. The highest BCUT2D eigenvalue weighted by atomic mass is 32.2. The molecular weight excluding hydrogens is 220 g/mol. The monoisotopic (exact) mass is 238 g/mol. The molecule has 3 heteroatoms. The van der Waals surface area contributed by atoms with Crippen molar-refractivity contribution in [2.75, 3.05) is 0 Å². The lowest BCUT2D eigenvalue weighted by Gasteiger charge is -2.11. The zero-order valence-corrected chi connectivity index (χ0v) is 10.8. The van der Waals surface area contributed by atoms with E-state index in [-0.39, 0.29) is 11.0 Å². The Morgan fingerprint density at radius 3 is 2.56 bits per heavy atom. The van der Waals surface area contributed by atoms with Crippen molar-refractivity contribution in [3.8, 4) is 0 Å². The third kappa shape index (κ3) is 3.89. The first-order chi connectivity index (χ1) is 7.50. The lowest BCUT2D eigenvalue weighted by molar-refractivity contribution is -0.116. The normalized spacial score (nSPS) is 14.4. The molecule has 0 saturated heterocycles.